The molecule has 0 aliphatic carbocycles. The number of carbonyl (C=O) groups is 2. The molecule has 0 saturated heterocycles. The molecular weight excluding hydrogens is 316 g/mol. The number of benzene rings is 2. The molecule has 0 bridgehead atoms. The number of aryl methyl sites for hydroxylation is 1. The molecule has 0 spiro atoms. The highest BCUT2D eigenvalue weighted by molar-refractivity contribution is 6.04. The summed E-state index contributed by atoms with van der Waals surface area (Å²) in [5.41, 5.74) is 1.94. The van der Waals surface area contributed by atoms with Crippen molar-refractivity contribution in [1.29, 1.82) is 0 Å². The van der Waals surface area contributed by atoms with Gasteiger partial charge in [0.2, 0.25) is 0 Å². The number of rotatable bonds is 6. The van der Waals surface area contributed by atoms with Crippen LogP contribution in [0.3, 0.4) is 0 Å². The highest BCUT2D eigenvalue weighted by Gasteiger charge is 2.18. The summed E-state index contributed by atoms with van der Waals surface area (Å²) in [5, 5.41) is 5.60. The number of para-hydroxylation sites is 1. The van der Waals surface area contributed by atoms with E-state index in [2.05, 4.69) is 10.6 Å². The van der Waals surface area contributed by atoms with Gasteiger partial charge in [0.15, 0.2) is 6.10 Å². The van der Waals surface area contributed by atoms with Gasteiger partial charge in [-0.15, -0.1) is 0 Å². The second-order valence-corrected chi connectivity index (χ2v) is 6.24. The van der Waals surface area contributed by atoms with E-state index in [-0.39, 0.29) is 17.9 Å². The molecular formula is C20H24N2O3. The van der Waals surface area contributed by atoms with Crippen molar-refractivity contribution >= 4 is 17.5 Å². The van der Waals surface area contributed by atoms with Crippen LogP contribution in [0, 0.1) is 6.92 Å². The van der Waals surface area contributed by atoms with Gasteiger partial charge >= 0.3 is 0 Å². The van der Waals surface area contributed by atoms with Crippen molar-refractivity contribution < 1.29 is 14.3 Å². The van der Waals surface area contributed by atoms with E-state index in [1.165, 1.54) is 0 Å². The Morgan fingerprint density at radius 2 is 1.72 bits per heavy atom. The lowest BCUT2D eigenvalue weighted by Crippen LogP contribution is -2.33. The summed E-state index contributed by atoms with van der Waals surface area (Å²) in [4.78, 5) is 24.7. The summed E-state index contributed by atoms with van der Waals surface area (Å²) >= 11 is 0. The summed E-state index contributed by atoms with van der Waals surface area (Å²) in [6.07, 6.45) is -0.692. The van der Waals surface area contributed by atoms with Crippen LogP contribution in [-0.4, -0.2) is 24.0 Å². The quantitative estimate of drug-likeness (QED) is 0.845. The van der Waals surface area contributed by atoms with E-state index in [0.717, 1.165) is 5.56 Å². The molecule has 132 valence electrons. The Morgan fingerprint density at radius 3 is 2.40 bits per heavy atom. The van der Waals surface area contributed by atoms with Gasteiger partial charge in [0.1, 0.15) is 5.75 Å². The van der Waals surface area contributed by atoms with Crippen molar-refractivity contribution in [3.63, 3.8) is 0 Å². The number of hydrogen-bond donors (Lipinski definition) is 2. The molecule has 0 aliphatic heterocycles. The van der Waals surface area contributed by atoms with Crippen LogP contribution in [0.1, 0.15) is 36.7 Å². The molecule has 25 heavy (non-hydrogen) atoms. The zero-order valence-electron chi connectivity index (χ0n) is 15.0. The van der Waals surface area contributed by atoms with Crippen molar-refractivity contribution in [1.82, 2.24) is 5.32 Å². The summed E-state index contributed by atoms with van der Waals surface area (Å²) in [7, 11) is 0. The van der Waals surface area contributed by atoms with Crippen molar-refractivity contribution in [2.75, 3.05) is 5.32 Å². The van der Waals surface area contributed by atoms with Gasteiger partial charge in [-0.25, -0.2) is 0 Å². The maximum atomic E-state index is 12.4. The van der Waals surface area contributed by atoms with Gasteiger partial charge in [0, 0.05) is 6.04 Å². The molecule has 5 nitrogen and oxygen atoms in total. The Balaban J connectivity index is 2.08. The average Bonchev–Trinajstić information content (AvgIpc) is 2.54. The van der Waals surface area contributed by atoms with Crippen LogP contribution >= 0.6 is 0 Å². The number of anilines is 1. The number of ether oxygens (including phenoxy) is 1. The zero-order chi connectivity index (χ0) is 18.4. The van der Waals surface area contributed by atoms with Crippen LogP contribution in [0.15, 0.2) is 48.5 Å². The third kappa shape index (κ3) is 5.35. The fourth-order valence-corrected chi connectivity index (χ4v) is 2.31. The third-order valence-corrected chi connectivity index (χ3v) is 3.52. The van der Waals surface area contributed by atoms with E-state index in [4.69, 9.17) is 4.74 Å². The van der Waals surface area contributed by atoms with Crippen molar-refractivity contribution in [3.05, 3.63) is 59.7 Å². The van der Waals surface area contributed by atoms with E-state index in [9.17, 15) is 9.59 Å². The molecule has 0 heterocycles. The SMILES string of the molecule is Cc1cccc(OC(C)C(=O)Nc2ccccc2C(=O)NC(C)C)c1. The number of carbonyl (C=O) groups excluding carboxylic acids is 2. The van der Waals surface area contributed by atoms with Crippen LogP contribution in [-0.2, 0) is 4.79 Å². The predicted molar refractivity (Wildman–Crippen MR) is 98.9 cm³/mol. The van der Waals surface area contributed by atoms with Crippen molar-refractivity contribution in [2.45, 2.75) is 39.8 Å². The maximum absolute atomic E-state index is 12.4. The molecule has 0 aliphatic rings. The smallest absolute Gasteiger partial charge is 0.265 e. The van der Waals surface area contributed by atoms with Crippen LogP contribution in [0.25, 0.3) is 0 Å². The summed E-state index contributed by atoms with van der Waals surface area (Å²) in [5.74, 6) is 0.0953. The summed E-state index contributed by atoms with van der Waals surface area (Å²) < 4.78 is 5.68. The first kappa shape index (κ1) is 18.5. The number of nitrogens with one attached hydrogen (secondary N) is 2. The van der Waals surface area contributed by atoms with Crippen LogP contribution in [0.2, 0.25) is 0 Å². The van der Waals surface area contributed by atoms with Gasteiger partial charge in [-0.3, -0.25) is 9.59 Å². The molecule has 2 aromatic rings. The second kappa shape index (κ2) is 8.33. The van der Waals surface area contributed by atoms with E-state index < -0.39 is 6.10 Å². The van der Waals surface area contributed by atoms with Crippen LogP contribution < -0.4 is 15.4 Å². The average molecular weight is 340 g/mol. The Morgan fingerprint density at radius 1 is 1.00 bits per heavy atom. The molecule has 0 radical (unpaired) electrons. The Bertz CT molecular complexity index is 756. The van der Waals surface area contributed by atoms with E-state index in [1.54, 1.807) is 37.3 Å². The lowest BCUT2D eigenvalue weighted by atomic mass is 10.1. The molecule has 0 fully saturated rings. The zero-order valence-corrected chi connectivity index (χ0v) is 15.0. The van der Waals surface area contributed by atoms with Gasteiger partial charge in [-0.1, -0.05) is 24.3 Å². The fraction of sp³-hybridized carbons (Fsp3) is 0.300. The van der Waals surface area contributed by atoms with Gasteiger partial charge in [0.05, 0.1) is 11.3 Å². The summed E-state index contributed by atoms with van der Waals surface area (Å²) in [6.45, 7) is 7.41. The monoisotopic (exact) mass is 340 g/mol. The minimum atomic E-state index is -0.692. The predicted octanol–water partition coefficient (Wildman–Crippen LogP) is 3.54. The fourth-order valence-electron chi connectivity index (χ4n) is 2.31. The number of hydrogen-bond acceptors (Lipinski definition) is 3. The third-order valence-electron chi connectivity index (χ3n) is 3.52. The molecule has 2 aromatic carbocycles. The Hall–Kier alpha value is -2.82. The van der Waals surface area contributed by atoms with Crippen LogP contribution in [0.4, 0.5) is 5.69 Å². The first-order valence-electron chi connectivity index (χ1n) is 8.31. The largest absolute Gasteiger partial charge is 0.481 e. The molecule has 5 heteroatoms. The lowest BCUT2D eigenvalue weighted by Gasteiger charge is -2.17. The maximum Gasteiger partial charge on any atom is 0.265 e. The highest BCUT2D eigenvalue weighted by Crippen LogP contribution is 2.18. The molecule has 2 amide bonds. The van der Waals surface area contributed by atoms with Crippen molar-refractivity contribution in [3.8, 4) is 5.75 Å². The first-order valence-corrected chi connectivity index (χ1v) is 8.31. The highest BCUT2D eigenvalue weighted by atomic mass is 16.5. The molecule has 0 aromatic heterocycles. The minimum absolute atomic E-state index is 0.0137. The molecule has 1 atom stereocenters. The topological polar surface area (TPSA) is 67.4 Å². The van der Waals surface area contributed by atoms with Crippen LogP contribution in [0.5, 0.6) is 5.75 Å². The standard InChI is InChI=1S/C20H24N2O3/c1-13(2)21-20(24)17-10-5-6-11-18(17)22-19(23)15(4)25-16-9-7-8-14(3)12-16/h5-13,15H,1-4H3,(H,21,24)(H,22,23). The molecule has 2 N–H and O–H groups in total. The van der Waals surface area contributed by atoms with E-state index in [0.29, 0.717) is 17.0 Å². The Kier molecular flexibility index (Phi) is 6.17. The number of amides is 2. The van der Waals surface area contributed by atoms with Gasteiger partial charge in [-0.2, -0.15) is 0 Å². The minimum Gasteiger partial charge on any atom is -0.481 e. The summed E-state index contributed by atoms with van der Waals surface area (Å²) in [6, 6.07) is 14.4. The van der Waals surface area contributed by atoms with Gasteiger partial charge < -0.3 is 15.4 Å². The van der Waals surface area contributed by atoms with E-state index >= 15 is 0 Å². The molecule has 2 rings (SSSR count). The van der Waals surface area contributed by atoms with Gasteiger partial charge in [-0.05, 0) is 57.5 Å². The normalized spacial score (nSPS) is 11.7. The van der Waals surface area contributed by atoms with Crippen molar-refractivity contribution in [2.24, 2.45) is 0 Å². The van der Waals surface area contributed by atoms with Gasteiger partial charge in [0.25, 0.3) is 11.8 Å². The lowest BCUT2D eigenvalue weighted by molar-refractivity contribution is -0.122. The Labute approximate surface area is 148 Å². The molecule has 0 saturated carbocycles. The first-order chi connectivity index (χ1) is 11.9. The molecule has 1 unspecified atom stereocenters. The van der Waals surface area contributed by atoms with E-state index in [1.807, 2.05) is 39.0 Å². The second-order valence-electron chi connectivity index (χ2n) is 6.24.